The summed E-state index contributed by atoms with van der Waals surface area (Å²) in [7, 11) is 0. The van der Waals surface area contributed by atoms with E-state index < -0.39 is 0 Å². The van der Waals surface area contributed by atoms with Gasteiger partial charge in [-0.1, -0.05) is 23.7 Å². The molecular formula is C22H24ClN5. The molecule has 0 bridgehead atoms. The summed E-state index contributed by atoms with van der Waals surface area (Å²) in [5.41, 5.74) is 2.79. The molecule has 28 heavy (non-hydrogen) atoms. The SMILES string of the molecule is Clc1ccc(-c2cc(NCCC3CCNCC3)nc(-c3cccnc3)n2)cc1. The fraction of sp³-hybridized carbons (Fsp3) is 0.318. The van der Waals surface area contributed by atoms with Crippen molar-refractivity contribution in [3.8, 4) is 22.6 Å². The molecule has 4 rings (SSSR count). The van der Waals surface area contributed by atoms with E-state index in [2.05, 4.69) is 15.6 Å². The Morgan fingerprint density at radius 2 is 1.86 bits per heavy atom. The van der Waals surface area contributed by atoms with Crippen LogP contribution >= 0.6 is 11.6 Å². The minimum Gasteiger partial charge on any atom is -0.370 e. The highest BCUT2D eigenvalue weighted by molar-refractivity contribution is 6.30. The van der Waals surface area contributed by atoms with E-state index in [1.165, 1.54) is 12.8 Å². The van der Waals surface area contributed by atoms with E-state index in [9.17, 15) is 0 Å². The zero-order valence-corrected chi connectivity index (χ0v) is 16.5. The number of nitrogens with one attached hydrogen (secondary N) is 2. The first-order valence-corrected chi connectivity index (χ1v) is 10.2. The van der Waals surface area contributed by atoms with Crippen molar-refractivity contribution in [2.24, 2.45) is 5.92 Å². The largest absolute Gasteiger partial charge is 0.370 e. The molecule has 0 amide bonds. The van der Waals surface area contributed by atoms with Gasteiger partial charge in [-0.05, 0) is 62.5 Å². The Balaban J connectivity index is 1.57. The maximum atomic E-state index is 6.04. The third kappa shape index (κ3) is 4.86. The van der Waals surface area contributed by atoms with Gasteiger partial charge in [0.25, 0.3) is 0 Å². The Hall–Kier alpha value is -2.50. The first-order chi connectivity index (χ1) is 13.8. The van der Waals surface area contributed by atoms with E-state index in [4.69, 9.17) is 21.6 Å². The highest BCUT2D eigenvalue weighted by Crippen LogP contribution is 2.25. The van der Waals surface area contributed by atoms with Crippen molar-refractivity contribution in [1.29, 1.82) is 0 Å². The van der Waals surface area contributed by atoms with Gasteiger partial charge in [-0.25, -0.2) is 9.97 Å². The van der Waals surface area contributed by atoms with Crippen LogP contribution in [0.5, 0.6) is 0 Å². The van der Waals surface area contributed by atoms with Gasteiger partial charge >= 0.3 is 0 Å². The summed E-state index contributed by atoms with van der Waals surface area (Å²) in [6.07, 6.45) is 7.21. The summed E-state index contributed by atoms with van der Waals surface area (Å²) < 4.78 is 0. The number of hydrogen-bond acceptors (Lipinski definition) is 5. The van der Waals surface area contributed by atoms with Crippen molar-refractivity contribution in [3.05, 3.63) is 59.9 Å². The summed E-state index contributed by atoms with van der Waals surface area (Å²) in [5.74, 6) is 2.29. The van der Waals surface area contributed by atoms with Crippen LogP contribution in [0.15, 0.2) is 54.9 Å². The van der Waals surface area contributed by atoms with Crippen LogP contribution in [0, 0.1) is 5.92 Å². The van der Waals surface area contributed by atoms with E-state index in [0.717, 1.165) is 54.6 Å². The molecule has 0 aliphatic carbocycles. The molecule has 2 aromatic heterocycles. The first-order valence-electron chi connectivity index (χ1n) is 9.78. The number of benzene rings is 1. The van der Waals surface area contributed by atoms with Crippen molar-refractivity contribution in [2.45, 2.75) is 19.3 Å². The fourth-order valence-corrected chi connectivity index (χ4v) is 3.63. The third-order valence-corrected chi connectivity index (χ3v) is 5.36. The minimum absolute atomic E-state index is 0.671. The summed E-state index contributed by atoms with van der Waals surface area (Å²) in [6.45, 7) is 3.17. The Kier molecular flexibility index (Phi) is 6.14. The van der Waals surface area contributed by atoms with Crippen LogP contribution in [0.4, 0.5) is 5.82 Å². The Labute approximate surface area is 170 Å². The molecule has 0 saturated carbocycles. The van der Waals surface area contributed by atoms with Gasteiger partial charge in [-0.15, -0.1) is 0 Å². The van der Waals surface area contributed by atoms with Gasteiger partial charge in [0.1, 0.15) is 5.82 Å². The molecule has 0 atom stereocenters. The number of nitrogens with zero attached hydrogens (tertiary/aromatic N) is 3. The molecule has 144 valence electrons. The molecular weight excluding hydrogens is 370 g/mol. The molecule has 0 unspecified atom stereocenters. The van der Waals surface area contributed by atoms with Crippen LogP contribution in [0.25, 0.3) is 22.6 Å². The molecule has 3 heterocycles. The van der Waals surface area contributed by atoms with Crippen molar-refractivity contribution < 1.29 is 0 Å². The molecule has 1 fully saturated rings. The standard InChI is InChI=1S/C22H24ClN5/c23-19-5-3-17(4-6-19)20-14-21(26-13-9-16-7-11-24-12-8-16)28-22(27-20)18-2-1-10-25-15-18/h1-6,10,14-16,24H,7-9,11-13H2,(H,26,27,28). The number of pyridine rings is 1. The lowest BCUT2D eigenvalue weighted by atomic mass is 9.95. The summed E-state index contributed by atoms with van der Waals surface area (Å²) in [5, 5.41) is 7.64. The zero-order chi connectivity index (χ0) is 19.2. The van der Waals surface area contributed by atoms with E-state index in [0.29, 0.717) is 10.8 Å². The van der Waals surface area contributed by atoms with Crippen molar-refractivity contribution in [2.75, 3.05) is 25.0 Å². The van der Waals surface area contributed by atoms with Gasteiger partial charge in [0.15, 0.2) is 5.82 Å². The van der Waals surface area contributed by atoms with Gasteiger partial charge in [-0.2, -0.15) is 0 Å². The number of aromatic nitrogens is 3. The second-order valence-corrected chi connectivity index (χ2v) is 7.56. The number of anilines is 1. The molecule has 3 aromatic rings. The lowest BCUT2D eigenvalue weighted by molar-refractivity contribution is 0.361. The van der Waals surface area contributed by atoms with E-state index in [-0.39, 0.29) is 0 Å². The number of halogens is 1. The summed E-state index contributed by atoms with van der Waals surface area (Å²) in [4.78, 5) is 13.7. The molecule has 6 heteroatoms. The maximum Gasteiger partial charge on any atom is 0.163 e. The number of piperidine rings is 1. The Morgan fingerprint density at radius 3 is 2.61 bits per heavy atom. The van der Waals surface area contributed by atoms with E-state index in [1.54, 1.807) is 12.4 Å². The minimum atomic E-state index is 0.671. The zero-order valence-electron chi connectivity index (χ0n) is 15.7. The highest BCUT2D eigenvalue weighted by atomic mass is 35.5. The van der Waals surface area contributed by atoms with Gasteiger partial charge in [0.05, 0.1) is 5.69 Å². The summed E-state index contributed by atoms with van der Waals surface area (Å²) >= 11 is 6.04. The molecule has 1 aromatic carbocycles. The topological polar surface area (TPSA) is 62.7 Å². The molecule has 0 spiro atoms. The van der Waals surface area contributed by atoms with Gasteiger partial charge in [0, 0.05) is 41.2 Å². The molecule has 0 radical (unpaired) electrons. The number of hydrogen-bond donors (Lipinski definition) is 2. The van der Waals surface area contributed by atoms with Crippen molar-refractivity contribution in [1.82, 2.24) is 20.3 Å². The van der Waals surface area contributed by atoms with Crippen LogP contribution in [0.2, 0.25) is 5.02 Å². The molecule has 1 saturated heterocycles. The fourth-order valence-electron chi connectivity index (χ4n) is 3.51. The van der Waals surface area contributed by atoms with Crippen LogP contribution in [0.3, 0.4) is 0 Å². The molecule has 1 aliphatic heterocycles. The van der Waals surface area contributed by atoms with Gasteiger partial charge in [-0.3, -0.25) is 4.98 Å². The lowest BCUT2D eigenvalue weighted by Gasteiger charge is -2.22. The van der Waals surface area contributed by atoms with Crippen molar-refractivity contribution in [3.63, 3.8) is 0 Å². The average molecular weight is 394 g/mol. The predicted molar refractivity (Wildman–Crippen MR) is 114 cm³/mol. The molecule has 5 nitrogen and oxygen atoms in total. The van der Waals surface area contributed by atoms with E-state index in [1.807, 2.05) is 42.5 Å². The third-order valence-electron chi connectivity index (χ3n) is 5.10. The quantitative estimate of drug-likeness (QED) is 0.637. The van der Waals surface area contributed by atoms with Gasteiger partial charge in [0.2, 0.25) is 0 Å². The van der Waals surface area contributed by atoms with E-state index >= 15 is 0 Å². The number of rotatable bonds is 6. The van der Waals surface area contributed by atoms with Crippen LogP contribution in [-0.4, -0.2) is 34.6 Å². The molecule has 1 aliphatic rings. The Morgan fingerprint density at radius 1 is 1.04 bits per heavy atom. The summed E-state index contributed by atoms with van der Waals surface area (Å²) in [6, 6.07) is 13.6. The second-order valence-electron chi connectivity index (χ2n) is 7.12. The van der Waals surface area contributed by atoms with Gasteiger partial charge < -0.3 is 10.6 Å². The average Bonchev–Trinajstić information content (AvgIpc) is 2.75. The monoisotopic (exact) mass is 393 g/mol. The maximum absolute atomic E-state index is 6.04. The first kappa shape index (κ1) is 18.8. The smallest absolute Gasteiger partial charge is 0.163 e. The highest BCUT2D eigenvalue weighted by Gasteiger charge is 2.13. The molecule has 2 N–H and O–H groups in total. The normalized spacial score (nSPS) is 14.8. The lowest BCUT2D eigenvalue weighted by Crippen LogP contribution is -2.28. The predicted octanol–water partition coefficient (Wildman–Crippen LogP) is 4.66. The van der Waals surface area contributed by atoms with Crippen LogP contribution < -0.4 is 10.6 Å². The van der Waals surface area contributed by atoms with Crippen LogP contribution in [-0.2, 0) is 0 Å². The second kappa shape index (κ2) is 9.13. The van der Waals surface area contributed by atoms with Crippen molar-refractivity contribution >= 4 is 17.4 Å². The van der Waals surface area contributed by atoms with Crippen LogP contribution in [0.1, 0.15) is 19.3 Å². The Bertz CT molecular complexity index is 893.